The maximum absolute atomic E-state index is 12.9. The van der Waals surface area contributed by atoms with Crippen LogP contribution >= 0.6 is 0 Å². The minimum Gasteiger partial charge on any atom is -0.444 e. The SMILES string of the molecule is Cc1ccc(NC(=O)[C@H](OC(=O)/C=C/c2nc3ccccc3o2)c2ccccc2)cc1. The van der Waals surface area contributed by atoms with E-state index in [-0.39, 0.29) is 5.89 Å². The summed E-state index contributed by atoms with van der Waals surface area (Å²) in [6.45, 7) is 1.96. The van der Waals surface area contributed by atoms with Crippen molar-refractivity contribution in [3.8, 4) is 0 Å². The van der Waals surface area contributed by atoms with E-state index in [4.69, 9.17) is 9.15 Å². The van der Waals surface area contributed by atoms with E-state index < -0.39 is 18.0 Å². The molecule has 1 atom stereocenters. The van der Waals surface area contributed by atoms with Gasteiger partial charge in [0.05, 0.1) is 0 Å². The molecular weight excluding hydrogens is 392 g/mol. The first-order chi connectivity index (χ1) is 15.1. The zero-order chi connectivity index (χ0) is 21.6. The monoisotopic (exact) mass is 412 g/mol. The van der Waals surface area contributed by atoms with Crippen LogP contribution < -0.4 is 5.32 Å². The Morgan fingerprint density at radius 2 is 1.68 bits per heavy atom. The molecule has 0 bridgehead atoms. The topological polar surface area (TPSA) is 81.4 Å². The molecule has 31 heavy (non-hydrogen) atoms. The van der Waals surface area contributed by atoms with Gasteiger partial charge in [0.15, 0.2) is 5.58 Å². The van der Waals surface area contributed by atoms with Crippen LogP contribution in [0.1, 0.15) is 23.1 Å². The summed E-state index contributed by atoms with van der Waals surface area (Å²) in [4.78, 5) is 29.6. The summed E-state index contributed by atoms with van der Waals surface area (Å²) < 4.78 is 11.0. The molecule has 0 unspecified atom stereocenters. The van der Waals surface area contributed by atoms with E-state index >= 15 is 0 Å². The third-order valence-electron chi connectivity index (χ3n) is 4.57. The van der Waals surface area contributed by atoms with Gasteiger partial charge in [-0.25, -0.2) is 9.78 Å². The standard InChI is InChI=1S/C25H20N2O4/c1-17-11-13-19(14-12-17)26-25(29)24(18-7-3-2-4-8-18)31-23(28)16-15-22-27-20-9-5-6-10-21(20)30-22/h2-16,24H,1H3,(H,26,29)/b16-15+/t24-/m1/s1. The van der Waals surface area contributed by atoms with E-state index in [1.165, 1.54) is 12.2 Å². The molecule has 1 heterocycles. The number of aryl methyl sites for hydroxylation is 1. The second kappa shape index (κ2) is 9.09. The maximum atomic E-state index is 12.9. The van der Waals surface area contributed by atoms with Crippen molar-refractivity contribution < 1.29 is 18.7 Å². The number of carbonyl (C=O) groups is 2. The molecule has 0 spiro atoms. The molecule has 6 nitrogen and oxygen atoms in total. The number of rotatable bonds is 6. The Bertz CT molecular complexity index is 1190. The second-order valence-corrected chi connectivity index (χ2v) is 6.94. The third-order valence-corrected chi connectivity index (χ3v) is 4.57. The van der Waals surface area contributed by atoms with E-state index in [0.29, 0.717) is 22.4 Å². The average Bonchev–Trinajstić information content (AvgIpc) is 3.21. The van der Waals surface area contributed by atoms with E-state index in [2.05, 4.69) is 10.3 Å². The molecule has 1 aromatic heterocycles. The smallest absolute Gasteiger partial charge is 0.332 e. The van der Waals surface area contributed by atoms with Gasteiger partial charge < -0.3 is 14.5 Å². The Balaban J connectivity index is 1.50. The van der Waals surface area contributed by atoms with E-state index in [0.717, 1.165) is 5.56 Å². The number of aromatic nitrogens is 1. The number of carbonyl (C=O) groups excluding carboxylic acids is 2. The molecule has 1 N–H and O–H groups in total. The number of anilines is 1. The number of oxazole rings is 1. The molecule has 4 aromatic rings. The quantitative estimate of drug-likeness (QED) is 0.353. The van der Waals surface area contributed by atoms with Crippen molar-refractivity contribution in [3.63, 3.8) is 0 Å². The van der Waals surface area contributed by atoms with Crippen molar-refractivity contribution in [1.82, 2.24) is 4.98 Å². The number of hydrogen-bond acceptors (Lipinski definition) is 5. The molecule has 0 saturated heterocycles. The number of hydrogen-bond donors (Lipinski definition) is 1. The molecule has 0 aliphatic heterocycles. The third kappa shape index (κ3) is 5.05. The Morgan fingerprint density at radius 1 is 0.968 bits per heavy atom. The molecule has 6 heteroatoms. The lowest BCUT2D eigenvalue weighted by Crippen LogP contribution is -2.25. The number of nitrogens with one attached hydrogen (secondary N) is 1. The number of nitrogens with zero attached hydrogens (tertiary/aromatic N) is 1. The number of esters is 1. The van der Waals surface area contributed by atoms with Crippen LogP contribution in [0.3, 0.4) is 0 Å². The van der Waals surface area contributed by atoms with Crippen LogP contribution in [-0.4, -0.2) is 16.9 Å². The van der Waals surface area contributed by atoms with Gasteiger partial charge in [0, 0.05) is 23.4 Å². The summed E-state index contributed by atoms with van der Waals surface area (Å²) in [6.07, 6.45) is 1.51. The first kappa shape index (κ1) is 20.1. The van der Waals surface area contributed by atoms with Gasteiger partial charge in [-0.05, 0) is 31.2 Å². The van der Waals surface area contributed by atoms with Crippen molar-refractivity contribution in [3.05, 3.63) is 102 Å². The summed E-state index contributed by atoms with van der Waals surface area (Å²) >= 11 is 0. The normalized spacial score (nSPS) is 12.0. The summed E-state index contributed by atoms with van der Waals surface area (Å²) in [5.41, 5.74) is 3.57. The Morgan fingerprint density at radius 3 is 2.42 bits per heavy atom. The first-order valence-electron chi connectivity index (χ1n) is 9.75. The van der Waals surface area contributed by atoms with Crippen molar-refractivity contribution in [2.24, 2.45) is 0 Å². The highest BCUT2D eigenvalue weighted by atomic mass is 16.5. The van der Waals surface area contributed by atoms with Crippen LogP contribution in [0.25, 0.3) is 17.2 Å². The predicted molar refractivity (Wildman–Crippen MR) is 118 cm³/mol. The van der Waals surface area contributed by atoms with Crippen LogP contribution in [-0.2, 0) is 14.3 Å². The lowest BCUT2D eigenvalue weighted by atomic mass is 10.1. The molecule has 0 fully saturated rings. The number of amides is 1. The Labute approximate surface area is 179 Å². The number of fused-ring (bicyclic) bond motifs is 1. The van der Waals surface area contributed by atoms with Crippen LogP contribution in [0.5, 0.6) is 0 Å². The number of ether oxygens (including phenoxy) is 1. The molecule has 4 rings (SSSR count). The highest BCUT2D eigenvalue weighted by Gasteiger charge is 2.24. The van der Waals surface area contributed by atoms with E-state index in [1.54, 1.807) is 42.5 Å². The van der Waals surface area contributed by atoms with Crippen molar-refractivity contribution in [1.29, 1.82) is 0 Å². The fourth-order valence-corrected chi connectivity index (χ4v) is 3.00. The lowest BCUT2D eigenvalue weighted by molar-refractivity contribution is -0.149. The second-order valence-electron chi connectivity index (χ2n) is 6.94. The fraction of sp³-hybridized carbons (Fsp3) is 0.0800. The van der Waals surface area contributed by atoms with Gasteiger partial charge in [-0.3, -0.25) is 4.79 Å². The highest BCUT2D eigenvalue weighted by molar-refractivity contribution is 5.97. The first-order valence-corrected chi connectivity index (χ1v) is 9.75. The average molecular weight is 412 g/mol. The molecule has 154 valence electrons. The van der Waals surface area contributed by atoms with Crippen molar-refractivity contribution in [2.75, 3.05) is 5.32 Å². The van der Waals surface area contributed by atoms with Gasteiger partial charge in [0.2, 0.25) is 12.0 Å². The van der Waals surface area contributed by atoms with Gasteiger partial charge in [-0.15, -0.1) is 0 Å². The fourth-order valence-electron chi connectivity index (χ4n) is 3.00. The molecule has 0 aliphatic carbocycles. The largest absolute Gasteiger partial charge is 0.444 e. The van der Waals surface area contributed by atoms with Crippen LogP contribution in [0.15, 0.2) is 89.4 Å². The molecular formula is C25H20N2O4. The molecule has 0 aliphatic rings. The van der Waals surface area contributed by atoms with Gasteiger partial charge in [0.1, 0.15) is 5.52 Å². The van der Waals surface area contributed by atoms with E-state index in [9.17, 15) is 9.59 Å². The molecule has 1 amide bonds. The van der Waals surface area contributed by atoms with Crippen LogP contribution in [0.4, 0.5) is 5.69 Å². The van der Waals surface area contributed by atoms with Gasteiger partial charge >= 0.3 is 5.97 Å². The Hall–Kier alpha value is -4.19. The highest BCUT2D eigenvalue weighted by Crippen LogP contribution is 2.21. The summed E-state index contributed by atoms with van der Waals surface area (Å²) in [6, 6.07) is 23.5. The zero-order valence-corrected chi connectivity index (χ0v) is 16.8. The minimum atomic E-state index is -1.11. The maximum Gasteiger partial charge on any atom is 0.332 e. The van der Waals surface area contributed by atoms with Gasteiger partial charge in [0.25, 0.3) is 5.91 Å². The van der Waals surface area contributed by atoms with Crippen molar-refractivity contribution >= 4 is 34.7 Å². The molecule has 0 radical (unpaired) electrons. The number of benzene rings is 3. The van der Waals surface area contributed by atoms with Crippen LogP contribution in [0, 0.1) is 6.92 Å². The Kier molecular flexibility index (Phi) is 5.89. The molecule has 0 saturated carbocycles. The summed E-state index contributed by atoms with van der Waals surface area (Å²) in [5.74, 6) is -0.854. The minimum absolute atomic E-state index is 0.276. The van der Waals surface area contributed by atoms with Gasteiger partial charge in [-0.2, -0.15) is 0 Å². The zero-order valence-electron chi connectivity index (χ0n) is 16.8. The van der Waals surface area contributed by atoms with Gasteiger partial charge in [-0.1, -0.05) is 60.2 Å². The van der Waals surface area contributed by atoms with Crippen LogP contribution in [0.2, 0.25) is 0 Å². The lowest BCUT2D eigenvalue weighted by Gasteiger charge is -2.17. The van der Waals surface area contributed by atoms with Crippen molar-refractivity contribution in [2.45, 2.75) is 13.0 Å². The molecule has 3 aromatic carbocycles. The number of para-hydroxylation sites is 2. The predicted octanol–water partition coefficient (Wildman–Crippen LogP) is 5.07. The summed E-state index contributed by atoms with van der Waals surface area (Å²) in [7, 11) is 0. The van der Waals surface area contributed by atoms with E-state index in [1.807, 2.05) is 43.3 Å². The summed E-state index contributed by atoms with van der Waals surface area (Å²) in [5, 5.41) is 2.79.